The summed E-state index contributed by atoms with van der Waals surface area (Å²) in [5, 5.41) is 0. The molecule has 10 nitrogen and oxygen atoms in total. The first kappa shape index (κ1) is 24.4. The predicted molar refractivity (Wildman–Crippen MR) is 137 cm³/mol. The van der Waals surface area contributed by atoms with Gasteiger partial charge in [0.15, 0.2) is 0 Å². The predicted octanol–water partition coefficient (Wildman–Crippen LogP) is 2.55. The van der Waals surface area contributed by atoms with E-state index in [1.807, 2.05) is 27.0 Å². The van der Waals surface area contributed by atoms with Crippen LogP contribution in [0.1, 0.15) is 34.8 Å². The van der Waals surface area contributed by atoms with Crippen molar-refractivity contribution in [3.8, 4) is 0 Å². The van der Waals surface area contributed by atoms with Gasteiger partial charge in [-0.2, -0.15) is 0 Å². The Morgan fingerprint density at radius 1 is 1.08 bits per heavy atom. The van der Waals surface area contributed by atoms with Crippen molar-refractivity contribution in [2.45, 2.75) is 33.2 Å². The molecule has 0 aliphatic carbocycles. The van der Waals surface area contributed by atoms with Crippen LogP contribution in [0.4, 0.5) is 22.0 Å². The van der Waals surface area contributed by atoms with Gasteiger partial charge in [-0.15, -0.1) is 0 Å². The Morgan fingerprint density at radius 3 is 2.44 bits per heavy atom. The Kier molecular flexibility index (Phi) is 6.27. The molecule has 3 fully saturated rings. The van der Waals surface area contributed by atoms with E-state index in [-0.39, 0.29) is 24.3 Å². The molecule has 4 heterocycles. The van der Waals surface area contributed by atoms with Crippen LogP contribution in [0, 0.1) is 13.8 Å². The van der Waals surface area contributed by atoms with Gasteiger partial charge in [0.05, 0.1) is 23.0 Å². The lowest BCUT2D eigenvalue weighted by molar-refractivity contribution is 0.0747. The number of hydrogen-bond acceptors (Lipinski definition) is 7. The minimum absolute atomic E-state index is 0.0363. The quantitative estimate of drug-likeness (QED) is 0.619. The summed E-state index contributed by atoms with van der Waals surface area (Å²) in [5.41, 5.74) is 3.36. The second-order valence-electron chi connectivity index (χ2n) is 9.67. The smallest absolute Gasteiger partial charge is 0.414 e. The number of nitrogens with zero attached hydrogens (tertiary/aromatic N) is 5. The third kappa shape index (κ3) is 4.36. The van der Waals surface area contributed by atoms with Gasteiger partial charge < -0.3 is 14.5 Å². The minimum atomic E-state index is -3.54. The average molecular weight is 514 g/mol. The maximum Gasteiger partial charge on any atom is 0.414 e. The summed E-state index contributed by atoms with van der Waals surface area (Å²) in [6.07, 6.45) is 1.86. The summed E-state index contributed by atoms with van der Waals surface area (Å²) in [5.74, 6) is 0.741. The molecule has 1 aromatic carbocycles. The molecule has 0 spiro atoms. The molecule has 0 bridgehead atoms. The Bertz CT molecular complexity index is 1310. The van der Waals surface area contributed by atoms with E-state index in [2.05, 4.69) is 16.0 Å². The van der Waals surface area contributed by atoms with Gasteiger partial charge >= 0.3 is 6.09 Å². The number of hydrogen-bond donors (Lipinski definition) is 0. The molecule has 1 aromatic heterocycles. The van der Waals surface area contributed by atoms with Crippen LogP contribution in [0.3, 0.4) is 0 Å². The molecular weight excluding hydrogens is 482 g/mol. The van der Waals surface area contributed by atoms with Crippen molar-refractivity contribution < 1.29 is 22.7 Å². The highest BCUT2D eigenvalue weighted by atomic mass is 32.2. The third-order valence-corrected chi connectivity index (χ3v) is 8.85. The van der Waals surface area contributed by atoms with Crippen molar-refractivity contribution >= 4 is 39.2 Å². The molecule has 192 valence electrons. The van der Waals surface area contributed by atoms with E-state index >= 15 is 0 Å². The maximum atomic E-state index is 13.7. The van der Waals surface area contributed by atoms with E-state index in [4.69, 9.17) is 4.74 Å². The first-order valence-corrected chi connectivity index (χ1v) is 13.8. The van der Waals surface area contributed by atoms with Gasteiger partial charge in [0.1, 0.15) is 12.4 Å². The fraction of sp³-hybridized carbons (Fsp3) is 0.480. The monoisotopic (exact) mass is 513 g/mol. The van der Waals surface area contributed by atoms with Crippen LogP contribution in [0.25, 0.3) is 0 Å². The van der Waals surface area contributed by atoms with Gasteiger partial charge in [-0.3, -0.25) is 14.0 Å². The van der Waals surface area contributed by atoms with Crippen molar-refractivity contribution in [1.82, 2.24) is 9.88 Å². The number of amides is 2. The number of anilines is 3. The SMILES string of the molecule is Cc1cnc(N2CCN(C(=O)c3ccc(N4C(=O)OC[C@H]4C)cc3N3CCCS3(=O)=O)CC2)c(C)c1. The highest BCUT2D eigenvalue weighted by Gasteiger charge is 2.36. The average Bonchev–Trinajstić information content (AvgIpc) is 3.38. The Morgan fingerprint density at radius 2 is 1.83 bits per heavy atom. The van der Waals surface area contributed by atoms with E-state index in [0.29, 0.717) is 56.1 Å². The number of aromatic nitrogens is 1. The number of carbonyl (C=O) groups is 2. The molecule has 11 heteroatoms. The largest absolute Gasteiger partial charge is 0.447 e. The van der Waals surface area contributed by atoms with Crippen molar-refractivity contribution in [2.75, 3.05) is 59.2 Å². The molecule has 0 saturated carbocycles. The number of aryl methyl sites for hydroxylation is 2. The number of cyclic esters (lactones) is 1. The van der Waals surface area contributed by atoms with Gasteiger partial charge in [0.2, 0.25) is 10.0 Å². The maximum absolute atomic E-state index is 13.7. The molecule has 36 heavy (non-hydrogen) atoms. The molecule has 0 N–H and O–H groups in total. The van der Waals surface area contributed by atoms with Gasteiger partial charge in [-0.1, -0.05) is 6.07 Å². The Labute approximate surface area is 211 Å². The highest BCUT2D eigenvalue weighted by molar-refractivity contribution is 7.93. The standard InChI is InChI=1S/C25H31N5O5S/c1-17-13-18(2)23(26-15-17)27-8-10-28(11-9-27)24(31)21-6-5-20(30-19(3)16-35-25(30)32)14-22(21)29-7-4-12-36(29,33)34/h5-6,13-15,19H,4,7-12,16H2,1-3H3/t19-/m1/s1. The number of pyridine rings is 1. The molecule has 0 radical (unpaired) electrons. The zero-order valence-electron chi connectivity index (χ0n) is 20.8. The topological polar surface area (TPSA) is 103 Å². The van der Waals surface area contributed by atoms with E-state index in [9.17, 15) is 18.0 Å². The third-order valence-electron chi connectivity index (χ3n) is 7.00. The second-order valence-corrected chi connectivity index (χ2v) is 11.7. The van der Waals surface area contributed by atoms with Gasteiger partial charge in [0, 0.05) is 44.6 Å². The lowest BCUT2D eigenvalue weighted by Gasteiger charge is -2.36. The zero-order valence-corrected chi connectivity index (χ0v) is 21.6. The molecule has 2 aromatic rings. The molecular formula is C25H31N5O5S. The Hall–Kier alpha value is -3.34. The summed E-state index contributed by atoms with van der Waals surface area (Å²) in [7, 11) is -3.54. The van der Waals surface area contributed by atoms with Gasteiger partial charge in [0.25, 0.3) is 5.91 Å². The summed E-state index contributed by atoms with van der Waals surface area (Å²) >= 11 is 0. The molecule has 0 unspecified atom stereocenters. The van der Waals surface area contributed by atoms with Crippen molar-refractivity contribution in [1.29, 1.82) is 0 Å². The van der Waals surface area contributed by atoms with Crippen LogP contribution in [0.2, 0.25) is 0 Å². The van der Waals surface area contributed by atoms with Crippen molar-refractivity contribution in [3.05, 3.63) is 47.2 Å². The fourth-order valence-electron chi connectivity index (χ4n) is 5.17. The lowest BCUT2D eigenvalue weighted by Crippen LogP contribution is -2.49. The first-order valence-electron chi connectivity index (χ1n) is 12.2. The number of ether oxygens (including phenoxy) is 1. The van der Waals surface area contributed by atoms with Crippen LogP contribution in [0.5, 0.6) is 0 Å². The van der Waals surface area contributed by atoms with E-state index < -0.39 is 16.1 Å². The van der Waals surface area contributed by atoms with E-state index in [1.54, 1.807) is 23.1 Å². The summed E-state index contributed by atoms with van der Waals surface area (Å²) in [6, 6.07) is 6.88. The highest BCUT2D eigenvalue weighted by Crippen LogP contribution is 2.35. The van der Waals surface area contributed by atoms with Crippen LogP contribution in [-0.2, 0) is 14.8 Å². The van der Waals surface area contributed by atoms with Crippen molar-refractivity contribution in [2.24, 2.45) is 0 Å². The zero-order chi connectivity index (χ0) is 25.6. The fourth-order valence-corrected chi connectivity index (χ4v) is 6.75. The summed E-state index contributed by atoms with van der Waals surface area (Å²) in [4.78, 5) is 36.0. The van der Waals surface area contributed by atoms with Gasteiger partial charge in [-0.05, 0) is 56.5 Å². The molecule has 3 saturated heterocycles. The van der Waals surface area contributed by atoms with Crippen molar-refractivity contribution in [3.63, 3.8) is 0 Å². The minimum Gasteiger partial charge on any atom is -0.447 e. The van der Waals surface area contributed by atoms with Crippen LogP contribution < -0.4 is 14.1 Å². The first-order chi connectivity index (χ1) is 17.2. The van der Waals surface area contributed by atoms with Crippen LogP contribution in [0.15, 0.2) is 30.5 Å². The molecule has 1 atom stereocenters. The van der Waals surface area contributed by atoms with Gasteiger partial charge in [-0.25, -0.2) is 18.2 Å². The van der Waals surface area contributed by atoms with E-state index in [1.165, 1.54) is 9.21 Å². The number of piperazine rings is 1. The lowest BCUT2D eigenvalue weighted by atomic mass is 10.1. The number of benzene rings is 1. The summed E-state index contributed by atoms with van der Waals surface area (Å²) < 4.78 is 32.1. The number of sulfonamides is 1. The molecule has 3 aliphatic heterocycles. The number of carbonyl (C=O) groups excluding carboxylic acids is 2. The van der Waals surface area contributed by atoms with E-state index in [0.717, 1.165) is 16.9 Å². The normalized spacial score (nSPS) is 21.8. The number of rotatable bonds is 4. The van der Waals surface area contributed by atoms with Crippen LogP contribution in [-0.4, -0.2) is 81.4 Å². The molecule has 2 amide bonds. The summed E-state index contributed by atoms with van der Waals surface area (Å²) in [6.45, 7) is 8.74. The molecule has 5 rings (SSSR count). The van der Waals surface area contributed by atoms with Crippen LogP contribution >= 0.6 is 0 Å². The second kappa shape index (κ2) is 9.27. The molecule has 3 aliphatic rings. The Balaban J connectivity index is 1.42.